The van der Waals surface area contributed by atoms with Gasteiger partial charge in [0.05, 0.1) is 12.6 Å². The second-order valence-electron chi connectivity index (χ2n) is 5.05. The standard InChI is InChI=1S/C12H18N2O4S2/c1-8(2)9-5-4-6-14(9)20(16,17)12-10(11(15)18-3)13-7-19-12/h7-9H,4-6H2,1-3H3. The van der Waals surface area contributed by atoms with E-state index in [0.29, 0.717) is 6.54 Å². The Morgan fingerprint density at radius 3 is 2.85 bits per heavy atom. The first kappa shape index (κ1) is 15.4. The minimum absolute atomic E-state index is 0.0168. The van der Waals surface area contributed by atoms with Crippen LogP contribution in [0.4, 0.5) is 0 Å². The van der Waals surface area contributed by atoms with Crippen molar-refractivity contribution in [1.29, 1.82) is 0 Å². The Balaban J connectivity index is 2.41. The zero-order chi connectivity index (χ0) is 14.9. The van der Waals surface area contributed by atoms with Crippen molar-refractivity contribution in [3.8, 4) is 0 Å². The predicted octanol–water partition coefficient (Wildman–Crippen LogP) is 1.74. The van der Waals surface area contributed by atoms with Crippen LogP contribution in [0.3, 0.4) is 0 Å². The second-order valence-corrected chi connectivity index (χ2v) is 7.99. The highest BCUT2D eigenvalue weighted by atomic mass is 32.2. The van der Waals surface area contributed by atoms with Crippen LogP contribution in [-0.2, 0) is 14.8 Å². The lowest BCUT2D eigenvalue weighted by Crippen LogP contribution is -2.38. The normalized spacial score (nSPS) is 20.5. The van der Waals surface area contributed by atoms with Crippen LogP contribution in [0, 0.1) is 5.92 Å². The fourth-order valence-electron chi connectivity index (χ4n) is 2.49. The number of rotatable bonds is 4. The van der Waals surface area contributed by atoms with Crippen molar-refractivity contribution in [1.82, 2.24) is 9.29 Å². The number of carbonyl (C=O) groups is 1. The molecule has 2 heterocycles. The average Bonchev–Trinajstić information content (AvgIpc) is 3.06. The summed E-state index contributed by atoms with van der Waals surface area (Å²) >= 11 is 0.959. The molecule has 0 spiro atoms. The largest absolute Gasteiger partial charge is 0.464 e. The van der Waals surface area contributed by atoms with Gasteiger partial charge in [-0.1, -0.05) is 13.8 Å². The summed E-state index contributed by atoms with van der Waals surface area (Å²) in [5.41, 5.74) is 1.24. The van der Waals surface area contributed by atoms with Crippen LogP contribution >= 0.6 is 11.3 Å². The summed E-state index contributed by atoms with van der Waals surface area (Å²) in [4.78, 5) is 15.4. The van der Waals surface area contributed by atoms with E-state index in [2.05, 4.69) is 9.72 Å². The molecule has 2 rings (SSSR count). The summed E-state index contributed by atoms with van der Waals surface area (Å²) in [6.07, 6.45) is 1.69. The number of thiazole rings is 1. The Labute approximate surface area is 122 Å². The lowest BCUT2D eigenvalue weighted by Gasteiger charge is -2.26. The van der Waals surface area contributed by atoms with Crippen molar-refractivity contribution in [2.24, 2.45) is 5.92 Å². The number of nitrogens with zero attached hydrogens (tertiary/aromatic N) is 2. The molecule has 20 heavy (non-hydrogen) atoms. The molecule has 0 aromatic carbocycles. The molecule has 0 amide bonds. The van der Waals surface area contributed by atoms with Gasteiger partial charge in [0.25, 0.3) is 10.0 Å². The van der Waals surface area contributed by atoms with E-state index in [-0.39, 0.29) is 21.9 Å². The van der Waals surface area contributed by atoms with E-state index in [1.54, 1.807) is 0 Å². The third-order valence-electron chi connectivity index (χ3n) is 3.47. The summed E-state index contributed by atoms with van der Waals surface area (Å²) in [5, 5.41) is 0. The van der Waals surface area contributed by atoms with Gasteiger partial charge in [-0.3, -0.25) is 0 Å². The maximum atomic E-state index is 12.7. The molecule has 1 aliphatic rings. The summed E-state index contributed by atoms with van der Waals surface area (Å²) < 4.78 is 31.6. The Bertz CT molecular complexity index is 594. The molecule has 112 valence electrons. The highest BCUT2D eigenvalue weighted by Crippen LogP contribution is 2.33. The molecule has 6 nitrogen and oxygen atoms in total. The average molecular weight is 318 g/mol. The third kappa shape index (κ3) is 2.59. The Morgan fingerprint density at radius 2 is 2.25 bits per heavy atom. The van der Waals surface area contributed by atoms with Gasteiger partial charge in [-0.25, -0.2) is 18.2 Å². The molecule has 0 radical (unpaired) electrons. The molecule has 1 saturated heterocycles. The van der Waals surface area contributed by atoms with Gasteiger partial charge >= 0.3 is 5.97 Å². The molecule has 0 aliphatic carbocycles. The third-order valence-corrected chi connectivity index (χ3v) is 6.75. The van der Waals surface area contributed by atoms with Crippen LogP contribution in [0.5, 0.6) is 0 Å². The molecular weight excluding hydrogens is 300 g/mol. The van der Waals surface area contributed by atoms with Crippen molar-refractivity contribution in [2.45, 2.75) is 36.9 Å². The van der Waals surface area contributed by atoms with E-state index in [4.69, 9.17) is 0 Å². The topological polar surface area (TPSA) is 76.6 Å². The molecule has 1 fully saturated rings. The molecule has 1 unspecified atom stereocenters. The number of methoxy groups -OCH3 is 1. The fraction of sp³-hybridized carbons (Fsp3) is 0.667. The second kappa shape index (κ2) is 5.79. The summed E-state index contributed by atoms with van der Waals surface area (Å²) in [5.74, 6) is -0.480. The van der Waals surface area contributed by atoms with Crippen molar-refractivity contribution < 1.29 is 17.9 Å². The van der Waals surface area contributed by atoms with Crippen LogP contribution in [0.2, 0.25) is 0 Å². The van der Waals surface area contributed by atoms with Crippen molar-refractivity contribution in [3.63, 3.8) is 0 Å². The van der Waals surface area contributed by atoms with Gasteiger partial charge in [0.2, 0.25) is 0 Å². The Morgan fingerprint density at radius 1 is 1.55 bits per heavy atom. The zero-order valence-electron chi connectivity index (χ0n) is 11.7. The maximum absolute atomic E-state index is 12.7. The van der Waals surface area contributed by atoms with Crippen LogP contribution in [0.25, 0.3) is 0 Å². The van der Waals surface area contributed by atoms with Crippen molar-refractivity contribution in [3.05, 3.63) is 11.2 Å². The number of esters is 1. The highest BCUT2D eigenvalue weighted by Gasteiger charge is 2.39. The Hall–Kier alpha value is -0.990. The minimum atomic E-state index is -3.69. The van der Waals surface area contributed by atoms with E-state index in [1.165, 1.54) is 16.9 Å². The lowest BCUT2D eigenvalue weighted by atomic mass is 10.0. The van der Waals surface area contributed by atoms with Crippen LogP contribution in [0.1, 0.15) is 37.2 Å². The number of hydrogen-bond acceptors (Lipinski definition) is 6. The maximum Gasteiger partial charge on any atom is 0.358 e. The number of carbonyl (C=O) groups excluding carboxylic acids is 1. The van der Waals surface area contributed by atoms with E-state index in [1.807, 2.05) is 13.8 Å². The molecule has 1 aromatic heterocycles. The van der Waals surface area contributed by atoms with Gasteiger partial charge in [-0.05, 0) is 18.8 Å². The van der Waals surface area contributed by atoms with Crippen LogP contribution < -0.4 is 0 Å². The highest BCUT2D eigenvalue weighted by molar-refractivity contribution is 7.91. The molecule has 8 heteroatoms. The van der Waals surface area contributed by atoms with E-state index >= 15 is 0 Å². The molecule has 0 saturated carbocycles. The molecule has 0 N–H and O–H groups in total. The SMILES string of the molecule is COC(=O)c1ncsc1S(=O)(=O)N1CCCC1C(C)C. The van der Waals surface area contributed by atoms with E-state index < -0.39 is 16.0 Å². The molecule has 1 atom stereocenters. The van der Waals surface area contributed by atoms with Gasteiger partial charge in [-0.15, -0.1) is 11.3 Å². The molecule has 0 bridgehead atoms. The number of aromatic nitrogens is 1. The first-order chi connectivity index (χ1) is 9.39. The summed E-state index contributed by atoms with van der Waals surface area (Å²) in [6, 6.07) is -0.0207. The van der Waals surface area contributed by atoms with E-state index in [0.717, 1.165) is 24.2 Å². The fourth-order valence-corrected chi connectivity index (χ4v) is 5.56. The van der Waals surface area contributed by atoms with Gasteiger partial charge in [0, 0.05) is 12.6 Å². The van der Waals surface area contributed by atoms with Crippen molar-refractivity contribution >= 4 is 27.3 Å². The number of ether oxygens (including phenoxy) is 1. The van der Waals surface area contributed by atoms with Gasteiger partial charge < -0.3 is 4.74 Å². The Kier molecular flexibility index (Phi) is 4.46. The predicted molar refractivity (Wildman–Crippen MR) is 75.2 cm³/mol. The van der Waals surface area contributed by atoms with Gasteiger partial charge in [0.1, 0.15) is 0 Å². The quantitative estimate of drug-likeness (QED) is 0.790. The zero-order valence-corrected chi connectivity index (χ0v) is 13.3. The molecular formula is C12H18N2O4S2. The monoisotopic (exact) mass is 318 g/mol. The number of hydrogen-bond donors (Lipinski definition) is 0. The van der Waals surface area contributed by atoms with Crippen molar-refractivity contribution in [2.75, 3.05) is 13.7 Å². The lowest BCUT2D eigenvalue weighted by molar-refractivity contribution is 0.0590. The first-order valence-corrected chi connectivity index (χ1v) is 8.75. The molecule has 1 aromatic rings. The van der Waals surface area contributed by atoms with Gasteiger partial charge in [0.15, 0.2) is 9.90 Å². The van der Waals surface area contributed by atoms with Crippen LogP contribution in [0.15, 0.2) is 9.72 Å². The molecule has 1 aliphatic heterocycles. The minimum Gasteiger partial charge on any atom is -0.464 e. The number of sulfonamides is 1. The van der Waals surface area contributed by atoms with Crippen LogP contribution in [-0.4, -0.2) is 43.4 Å². The smallest absolute Gasteiger partial charge is 0.358 e. The van der Waals surface area contributed by atoms with Gasteiger partial charge in [-0.2, -0.15) is 4.31 Å². The first-order valence-electron chi connectivity index (χ1n) is 6.43. The summed E-state index contributed by atoms with van der Waals surface area (Å²) in [6.45, 7) is 4.50. The van der Waals surface area contributed by atoms with E-state index in [9.17, 15) is 13.2 Å². The summed E-state index contributed by atoms with van der Waals surface area (Å²) in [7, 11) is -2.47.